The molecule has 4 heteroatoms. The molecule has 1 aromatic heterocycles. The van der Waals surface area contributed by atoms with Gasteiger partial charge in [0.15, 0.2) is 5.58 Å². The molecule has 3 rings (SSSR count). The van der Waals surface area contributed by atoms with E-state index < -0.39 is 5.76 Å². The maximum absolute atomic E-state index is 11.0. The predicted molar refractivity (Wildman–Crippen MR) is 56.7 cm³/mol. The Hall–Kier alpha value is -1.55. The molecule has 0 bridgehead atoms. The molecule has 3 N–H and O–H groups in total. The highest BCUT2D eigenvalue weighted by Gasteiger charge is 2.37. The van der Waals surface area contributed by atoms with Gasteiger partial charge in [0.25, 0.3) is 0 Å². The van der Waals surface area contributed by atoms with E-state index in [1.807, 2.05) is 18.2 Å². The second-order valence-corrected chi connectivity index (χ2v) is 4.38. The fourth-order valence-corrected chi connectivity index (χ4v) is 1.84. The van der Waals surface area contributed by atoms with E-state index in [2.05, 4.69) is 4.98 Å². The van der Waals surface area contributed by atoms with Gasteiger partial charge in [0.2, 0.25) is 0 Å². The number of aromatic amines is 1. The fraction of sp³-hybridized carbons (Fsp3) is 0.364. The normalized spacial score (nSPS) is 18.2. The lowest BCUT2D eigenvalue weighted by molar-refractivity contribution is 0.554. The number of hydrogen-bond acceptors (Lipinski definition) is 3. The first-order chi connectivity index (χ1) is 7.15. The quantitative estimate of drug-likeness (QED) is 0.770. The van der Waals surface area contributed by atoms with Crippen molar-refractivity contribution in [1.82, 2.24) is 4.98 Å². The van der Waals surface area contributed by atoms with Crippen LogP contribution in [0.1, 0.15) is 18.4 Å². The van der Waals surface area contributed by atoms with Crippen molar-refractivity contribution in [3.8, 4) is 0 Å². The lowest BCUT2D eigenvalue weighted by atomic mass is 10.0. The van der Waals surface area contributed by atoms with Gasteiger partial charge >= 0.3 is 5.76 Å². The number of nitrogens with two attached hydrogens (primary N) is 1. The van der Waals surface area contributed by atoms with Gasteiger partial charge < -0.3 is 10.2 Å². The standard InChI is InChI=1S/C11H12N2O2/c12-11(3-4-11)6-7-1-2-8-9(5-7)15-10(14)13-8/h1-2,5H,3-4,6,12H2,(H,13,14). The third-order valence-electron chi connectivity index (χ3n) is 2.93. The molecule has 1 saturated carbocycles. The second kappa shape index (κ2) is 2.73. The van der Waals surface area contributed by atoms with Crippen molar-refractivity contribution >= 4 is 11.1 Å². The van der Waals surface area contributed by atoms with Crippen LogP contribution in [0.4, 0.5) is 0 Å². The van der Waals surface area contributed by atoms with E-state index in [9.17, 15) is 4.79 Å². The summed E-state index contributed by atoms with van der Waals surface area (Å²) in [5.41, 5.74) is 8.50. The molecule has 78 valence electrons. The number of benzene rings is 1. The Morgan fingerprint density at radius 1 is 1.47 bits per heavy atom. The van der Waals surface area contributed by atoms with E-state index >= 15 is 0 Å². The van der Waals surface area contributed by atoms with Crippen molar-refractivity contribution in [2.75, 3.05) is 0 Å². The highest BCUT2D eigenvalue weighted by Crippen LogP contribution is 2.35. The zero-order valence-electron chi connectivity index (χ0n) is 8.25. The number of rotatable bonds is 2. The van der Waals surface area contributed by atoms with E-state index in [0.717, 1.165) is 30.3 Å². The molecule has 1 aliphatic carbocycles. The van der Waals surface area contributed by atoms with Gasteiger partial charge in [-0.15, -0.1) is 0 Å². The van der Waals surface area contributed by atoms with Crippen LogP contribution in [0.2, 0.25) is 0 Å². The molecule has 15 heavy (non-hydrogen) atoms. The Labute approximate surface area is 86.1 Å². The Morgan fingerprint density at radius 3 is 3.00 bits per heavy atom. The number of H-pyrrole nitrogens is 1. The molecule has 0 saturated heterocycles. The van der Waals surface area contributed by atoms with E-state index in [1.54, 1.807) is 0 Å². The highest BCUT2D eigenvalue weighted by atomic mass is 16.4. The summed E-state index contributed by atoms with van der Waals surface area (Å²) in [7, 11) is 0. The highest BCUT2D eigenvalue weighted by molar-refractivity contribution is 5.72. The summed E-state index contributed by atoms with van der Waals surface area (Å²) in [6, 6.07) is 5.74. The molecular weight excluding hydrogens is 192 g/mol. The third-order valence-corrected chi connectivity index (χ3v) is 2.93. The summed E-state index contributed by atoms with van der Waals surface area (Å²) in [6.45, 7) is 0. The van der Waals surface area contributed by atoms with Gasteiger partial charge in [0, 0.05) is 5.54 Å². The zero-order chi connectivity index (χ0) is 10.5. The average Bonchev–Trinajstić information content (AvgIpc) is 2.76. The predicted octanol–water partition coefficient (Wildman–Crippen LogP) is 1.15. The van der Waals surface area contributed by atoms with Crippen molar-refractivity contribution in [3.05, 3.63) is 34.3 Å². The maximum Gasteiger partial charge on any atom is 0.417 e. The van der Waals surface area contributed by atoms with Gasteiger partial charge in [0.1, 0.15) is 0 Å². The first-order valence-corrected chi connectivity index (χ1v) is 5.05. The van der Waals surface area contributed by atoms with Crippen LogP contribution in [0.3, 0.4) is 0 Å². The van der Waals surface area contributed by atoms with Crippen LogP contribution in [-0.4, -0.2) is 10.5 Å². The first kappa shape index (κ1) is 8.73. The average molecular weight is 204 g/mol. The van der Waals surface area contributed by atoms with Crippen LogP contribution < -0.4 is 11.5 Å². The molecule has 1 aromatic carbocycles. The van der Waals surface area contributed by atoms with Gasteiger partial charge in [-0.05, 0) is 37.0 Å². The summed E-state index contributed by atoms with van der Waals surface area (Å²) < 4.78 is 4.99. The van der Waals surface area contributed by atoms with Crippen LogP contribution in [-0.2, 0) is 6.42 Å². The monoisotopic (exact) mass is 204 g/mol. The molecule has 0 unspecified atom stereocenters. The SMILES string of the molecule is NC1(Cc2ccc3[nH]c(=O)oc3c2)CC1. The molecule has 1 aliphatic rings. The van der Waals surface area contributed by atoms with Crippen LogP contribution in [0.5, 0.6) is 0 Å². The summed E-state index contributed by atoms with van der Waals surface area (Å²) in [4.78, 5) is 13.6. The second-order valence-electron chi connectivity index (χ2n) is 4.38. The van der Waals surface area contributed by atoms with Gasteiger partial charge in [-0.25, -0.2) is 4.79 Å². The lowest BCUT2D eigenvalue weighted by Gasteiger charge is -2.07. The first-order valence-electron chi connectivity index (χ1n) is 5.05. The topological polar surface area (TPSA) is 72.0 Å². The number of hydrogen-bond donors (Lipinski definition) is 2. The van der Waals surface area contributed by atoms with Crippen molar-refractivity contribution < 1.29 is 4.42 Å². The van der Waals surface area contributed by atoms with Gasteiger partial charge in [0.05, 0.1) is 5.52 Å². The molecular formula is C11H12N2O2. The Kier molecular flexibility index (Phi) is 1.59. The van der Waals surface area contributed by atoms with Crippen LogP contribution >= 0.6 is 0 Å². The lowest BCUT2D eigenvalue weighted by Crippen LogP contribution is -2.24. The molecule has 0 amide bonds. The van der Waals surface area contributed by atoms with E-state index in [0.29, 0.717) is 5.58 Å². The third kappa shape index (κ3) is 1.57. The summed E-state index contributed by atoms with van der Waals surface area (Å²) in [6.07, 6.45) is 3.03. The Bertz CT molecular complexity index is 563. The van der Waals surface area contributed by atoms with Crippen LogP contribution in [0.25, 0.3) is 11.1 Å². The molecule has 1 heterocycles. The largest absolute Gasteiger partial charge is 0.417 e. The molecule has 0 aliphatic heterocycles. The minimum absolute atomic E-state index is 0.00964. The van der Waals surface area contributed by atoms with Crippen molar-refractivity contribution in [3.63, 3.8) is 0 Å². The minimum atomic E-state index is -0.406. The molecule has 0 atom stereocenters. The fourth-order valence-electron chi connectivity index (χ4n) is 1.84. The number of oxazole rings is 1. The Morgan fingerprint density at radius 2 is 2.27 bits per heavy atom. The van der Waals surface area contributed by atoms with Crippen LogP contribution in [0, 0.1) is 0 Å². The molecule has 0 radical (unpaired) electrons. The summed E-state index contributed by atoms with van der Waals surface area (Å²) in [5, 5.41) is 0. The molecule has 4 nitrogen and oxygen atoms in total. The van der Waals surface area contributed by atoms with Gasteiger partial charge in [-0.3, -0.25) is 4.98 Å². The summed E-state index contributed by atoms with van der Waals surface area (Å²) >= 11 is 0. The van der Waals surface area contributed by atoms with E-state index in [-0.39, 0.29) is 5.54 Å². The zero-order valence-corrected chi connectivity index (χ0v) is 8.25. The minimum Gasteiger partial charge on any atom is -0.408 e. The number of fused-ring (bicyclic) bond motifs is 1. The van der Waals surface area contributed by atoms with Crippen LogP contribution in [0.15, 0.2) is 27.4 Å². The van der Waals surface area contributed by atoms with Crippen molar-refractivity contribution in [2.24, 2.45) is 5.73 Å². The van der Waals surface area contributed by atoms with E-state index in [1.165, 1.54) is 0 Å². The number of aromatic nitrogens is 1. The van der Waals surface area contributed by atoms with Crippen molar-refractivity contribution in [1.29, 1.82) is 0 Å². The molecule has 2 aromatic rings. The number of nitrogens with one attached hydrogen (secondary N) is 1. The van der Waals surface area contributed by atoms with Gasteiger partial charge in [-0.1, -0.05) is 6.07 Å². The molecule has 1 fully saturated rings. The Balaban J connectivity index is 2.01. The molecule has 0 spiro atoms. The maximum atomic E-state index is 11.0. The summed E-state index contributed by atoms with van der Waals surface area (Å²) in [5.74, 6) is -0.406. The van der Waals surface area contributed by atoms with Gasteiger partial charge in [-0.2, -0.15) is 0 Å². The van der Waals surface area contributed by atoms with Crippen molar-refractivity contribution in [2.45, 2.75) is 24.8 Å². The smallest absolute Gasteiger partial charge is 0.408 e. The van der Waals surface area contributed by atoms with E-state index in [4.69, 9.17) is 10.2 Å².